The van der Waals surface area contributed by atoms with E-state index in [1.165, 1.54) is 0 Å². The topological polar surface area (TPSA) is 59.9 Å². The van der Waals surface area contributed by atoms with Gasteiger partial charge in [-0.25, -0.2) is 4.98 Å². The van der Waals surface area contributed by atoms with Gasteiger partial charge >= 0.3 is 0 Å². The molecule has 104 valence electrons. The van der Waals surface area contributed by atoms with Crippen LogP contribution in [0.2, 0.25) is 0 Å². The van der Waals surface area contributed by atoms with Gasteiger partial charge in [0.05, 0.1) is 16.5 Å². The maximum absolute atomic E-state index is 5.05. The summed E-state index contributed by atoms with van der Waals surface area (Å²) in [5.74, 6) is 0. The second-order valence-corrected chi connectivity index (χ2v) is 6.32. The fraction of sp³-hybridized carbons (Fsp3) is 0.583. The first kappa shape index (κ1) is 14.4. The van der Waals surface area contributed by atoms with E-state index in [4.69, 9.17) is 4.74 Å². The first-order chi connectivity index (χ1) is 9.22. The zero-order valence-electron chi connectivity index (χ0n) is 11.3. The molecule has 0 aliphatic rings. The molecule has 0 aliphatic heterocycles. The van der Waals surface area contributed by atoms with E-state index < -0.39 is 0 Å². The molecule has 19 heavy (non-hydrogen) atoms. The van der Waals surface area contributed by atoms with Crippen molar-refractivity contribution in [3.63, 3.8) is 0 Å². The molecule has 0 aromatic carbocycles. The van der Waals surface area contributed by atoms with Gasteiger partial charge in [0.2, 0.25) is 5.13 Å². The molecule has 7 heteroatoms. The number of aromatic nitrogens is 3. The van der Waals surface area contributed by atoms with Gasteiger partial charge in [-0.3, -0.25) is 0 Å². The van der Waals surface area contributed by atoms with Crippen LogP contribution in [0.3, 0.4) is 0 Å². The summed E-state index contributed by atoms with van der Waals surface area (Å²) in [6, 6.07) is 0.416. The molecule has 1 unspecified atom stereocenters. The van der Waals surface area contributed by atoms with Gasteiger partial charge < -0.3 is 10.1 Å². The number of hydrogen-bond donors (Lipinski definition) is 1. The summed E-state index contributed by atoms with van der Waals surface area (Å²) in [5, 5.41) is 14.6. The molecule has 1 atom stereocenters. The molecule has 0 saturated heterocycles. The fourth-order valence-electron chi connectivity index (χ4n) is 1.41. The Kier molecular flexibility index (Phi) is 5.24. The average molecular weight is 298 g/mol. The summed E-state index contributed by atoms with van der Waals surface area (Å²) in [6.45, 7) is 4.98. The van der Waals surface area contributed by atoms with Crippen LogP contribution < -0.4 is 5.32 Å². The Morgan fingerprint density at radius 3 is 2.95 bits per heavy atom. The van der Waals surface area contributed by atoms with Gasteiger partial charge in [-0.2, -0.15) is 0 Å². The lowest BCUT2D eigenvalue weighted by atomic mass is 10.3. The van der Waals surface area contributed by atoms with E-state index in [1.54, 1.807) is 29.8 Å². The van der Waals surface area contributed by atoms with E-state index in [1.807, 2.05) is 6.20 Å². The smallest absolute Gasteiger partial charge is 0.206 e. The van der Waals surface area contributed by atoms with Crippen molar-refractivity contribution in [3.8, 4) is 9.88 Å². The Bertz CT molecular complexity index is 511. The van der Waals surface area contributed by atoms with Crippen LogP contribution >= 0.6 is 22.7 Å². The Morgan fingerprint density at radius 2 is 2.21 bits per heavy atom. The van der Waals surface area contributed by atoms with Gasteiger partial charge in [-0.1, -0.05) is 18.3 Å². The predicted molar refractivity (Wildman–Crippen MR) is 80.0 cm³/mol. The Balaban J connectivity index is 2.03. The summed E-state index contributed by atoms with van der Waals surface area (Å²) in [6.07, 6.45) is 3.78. The molecule has 0 bridgehead atoms. The minimum atomic E-state index is 0.416. The van der Waals surface area contributed by atoms with E-state index in [0.29, 0.717) is 12.6 Å². The van der Waals surface area contributed by atoms with E-state index in [0.717, 1.165) is 32.9 Å². The highest BCUT2D eigenvalue weighted by Gasteiger charge is 2.11. The second kappa shape index (κ2) is 6.93. The van der Waals surface area contributed by atoms with Crippen LogP contribution in [0.25, 0.3) is 9.88 Å². The molecule has 0 saturated carbocycles. The van der Waals surface area contributed by atoms with Gasteiger partial charge in [-0.05, 0) is 13.3 Å². The van der Waals surface area contributed by atoms with E-state index >= 15 is 0 Å². The van der Waals surface area contributed by atoms with Gasteiger partial charge in [0.15, 0.2) is 5.01 Å². The molecule has 2 heterocycles. The number of methoxy groups -OCH3 is 1. The van der Waals surface area contributed by atoms with Crippen LogP contribution in [0, 0.1) is 0 Å². The average Bonchev–Trinajstić information content (AvgIpc) is 3.04. The number of nitrogens with zero attached hydrogens (tertiary/aromatic N) is 3. The summed E-state index contributed by atoms with van der Waals surface area (Å²) in [5.41, 5.74) is 0. The van der Waals surface area contributed by atoms with Crippen LogP contribution in [-0.2, 0) is 11.2 Å². The monoisotopic (exact) mass is 298 g/mol. The van der Waals surface area contributed by atoms with Gasteiger partial charge in [0, 0.05) is 25.8 Å². The quantitative estimate of drug-likeness (QED) is 0.851. The van der Waals surface area contributed by atoms with Crippen LogP contribution in [0.1, 0.15) is 25.3 Å². The van der Waals surface area contributed by atoms with Crippen molar-refractivity contribution < 1.29 is 4.74 Å². The molecular formula is C12H18N4OS2. The number of ether oxygens (including phenoxy) is 1. The Labute approximate surface area is 121 Å². The van der Waals surface area contributed by atoms with E-state index in [2.05, 4.69) is 34.3 Å². The molecule has 0 aliphatic carbocycles. The standard InChI is InChI=1S/C12H18N4OS2/c1-4-8(2)14-12-16-15-11(19-12)9-7-13-10(18-9)5-6-17-3/h7-8H,4-6H2,1-3H3,(H,14,16). The summed E-state index contributed by atoms with van der Waals surface area (Å²) < 4.78 is 5.05. The summed E-state index contributed by atoms with van der Waals surface area (Å²) in [7, 11) is 1.70. The third-order valence-corrected chi connectivity index (χ3v) is 4.77. The zero-order chi connectivity index (χ0) is 13.7. The molecule has 2 aromatic rings. The third-order valence-electron chi connectivity index (χ3n) is 2.69. The maximum atomic E-state index is 5.05. The highest BCUT2D eigenvalue weighted by molar-refractivity contribution is 7.23. The lowest BCUT2D eigenvalue weighted by Gasteiger charge is -2.07. The zero-order valence-corrected chi connectivity index (χ0v) is 13.0. The van der Waals surface area contributed by atoms with Gasteiger partial charge in [-0.15, -0.1) is 21.5 Å². The molecule has 0 radical (unpaired) electrons. The largest absolute Gasteiger partial charge is 0.384 e. The van der Waals surface area contributed by atoms with Crippen molar-refractivity contribution in [2.45, 2.75) is 32.7 Å². The SMILES string of the molecule is CCC(C)Nc1nnc(-c2cnc(CCOC)s2)s1. The van der Waals surface area contributed by atoms with E-state index in [9.17, 15) is 0 Å². The lowest BCUT2D eigenvalue weighted by Crippen LogP contribution is -2.12. The summed E-state index contributed by atoms with van der Waals surface area (Å²) >= 11 is 3.23. The van der Waals surface area contributed by atoms with Crippen molar-refractivity contribution in [2.75, 3.05) is 19.0 Å². The van der Waals surface area contributed by atoms with Crippen LogP contribution in [-0.4, -0.2) is 34.9 Å². The lowest BCUT2D eigenvalue weighted by molar-refractivity contribution is 0.202. The highest BCUT2D eigenvalue weighted by Crippen LogP contribution is 2.31. The van der Waals surface area contributed by atoms with Crippen molar-refractivity contribution in [3.05, 3.63) is 11.2 Å². The Hall–Kier alpha value is -1.05. The van der Waals surface area contributed by atoms with Crippen molar-refractivity contribution in [1.29, 1.82) is 0 Å². The molecule has 1 N–H and O–H groups in total. The normalized spacial score (nSPS) is 12.6. The number of thiazole rings is 1. The number of rotatable bonds is 7. The highest BCUT2D eigenvalue weighted by atomic mass is 32.1. The van der Waals surface area contributed by atoms with Crippen molar-refractivity contribution >= 4 is 27.8 Å². The minimum absolute atomic E-state index is 0.416. The minimum Gasteiger partial charge on any atom is -0.384 e. The third kappa shape index (κ3) is 3.95. The van der Waals surface area contributed by atoms with Crippen molar-refractivity contribution in [2.24, 2.45) is 0 Å². The first-order valence-electron chi connectivity index (χ1n) is 6.27. The molecule has 0 amide bonds. The number of nitrogens with one attached hydrogen (secondary N) is 1. The van der Waals surface area contributed by atoms with Crippen LogP contribution in [0.15, 0.2) is 6.20 Å². The molecule has 2 aromatic heterocycles. The first-order valence-corrected chi connectivity index (χ1v) is 7.90. The number of anilines is 1. The van der Waals surface area contributed by atoms with Gasteiger partial charge in [0.25, 0.3) is 0 Å². The number of hydrogen-bond acceptors (Lipinski definition) is 7. The van der Waals surface area contributed by atoms with Crippen LogP contribution in [0.5, 0.6) is 0 Å². The molecule has 0 fully saturated rings. The van der Waals surface area contributed by atoms with E-state index in [-0.39, 0.29) is 0 Å². The Morgan fingerprint density at radius 1 is 1.37 bits per heavy atom. The van der Waals surface area contributed by atoms with Crippen molar-refractivity contribution in [1.82, 2.24) is 15.2 Å². The molecular weight excluding hydrogens is 280 g/mol. The van der Waals surface area contributed by atoms with Gasteiger partial charge in [0.1, 0.15) is 0 Å². The molecule has 2 rings (SSSR count). The molecule has 0 spiro atoms. The maximum Gasteiger partial charge on any atom is 0.206 e. The fourth-order valence-corrected chi connectivity index (χ4v) is 3.20. The second-order valence-electron chi connectivity index (χ2n) is 4.23. The summed E-state index contributed by atoms with van der Waals surface area (Å²) in [4.78, 5) is 5.44. The predicted octanol–water partition coefficient (Wildman–Crippen LogP) is 3.06. The molecule has 5 nitrogen and oxygen atoms in total. The van der Waals surface area contributed by atoms with Crippen LogP contribution in [0.4, 0.5) is 5.13 Å².